The van der Waals surface area contributed by atoms with Crippen molar-refractivity contribution in [2.75, 3.05) is 20.6 Å². The fraction of sp³-hybridized carbons (Fsp3) is 0.667. The average Bonchev–Trinajstić information content (AvgIpc) is 2.54. The van der Waals surface area contributed by atoms with Crippen LogP contribution in [0.3, 0.4) is 0 Å². The van der Waals surface area contributed by atoms with Crippen LogP contribution in [0, 0.1) is 11.8 Å². The molecule has 0 bridgehead atoms. The summed E-state index contributed by atoms with van der Waals surface area (Å²) < 4.78 is 0. The Balaban J connectivity index is 2.14. The molecule has 0 aromatic carbocycles. The minimum absolute atomic E-state index is 0.0261. The fourth-order valence-corrected chi connectivity index (χ4v) is 2.50. The Labute approximate surface area is 105 Å². The van der Waals surface area contributed by atoms with Crippen molar-refractivity contribution in [3.8, 4) is 0 Å². The van der Waals surface area contributed by atoms with Crippen molar-refractivity contribution >= 4 is 23.5 Å². The van der Waals surface area contributed by atoms with Crippen molar-refractivity contribution in [2.24, 2.45) is 11.8 Å². The summed E-state index contributed by atoms with van der Waals surface area (Å²) in [6.07, 6.45) is 0.929. The second-order valence-electron chi connectivity index (χ2n) is 5.05. The van der Waals surface area contributed by atoms with Gasteiger partial charge in [0.1, 0.15) is 12.3 Å². The van der Waals surface area contributed by atoms with Gasteiger partial charge in [0, 0.05) is 26.9 Å². The lowest BCUT2D eigenvalue weighted by Crippen LogP contribution is -2.40. The number of fused-ring (bicyclic) bond motifs is 1. The summed E-state index contributed by atoms with van der Waals surface area (Å²) in [5.74, 6) is -1.86. The van der Waals surface area contributed by atoms with E-state index in [1.54, 1.807) is 14.1 Å². The van der Waals surface area contributed by atoms with Gasteiger partial charge in [0.25, 0.3) is 0 Å². The van der Waals surface area contributed by atoms with Gasteiger partial charge in [-0.05, 0) is 6.42 Å². The molecule has 0 radical (unpaired) electrons. The van der Waals surface area contributed by atoms with E-state index in [-0.39, 0.29) is 36.5 Å². The molecule has 0 spiro atoms. The number of nitrogens with zero attached hydrogens (tertiary/aromatic N) is 2. The Kier molecular flexibility index (Phi) is 3.19. The zero-order valence-corrected chi connectivity index (χ0v) is 10.5. The van der Waals surface area contributed by atoms with Gasteiger partial charge in [-0.2, -0.15) is 0 Å². The second-order valence-corrected chi connectivity index (χ2v) is 5.05. The molecule has 0 unspecified atom stereocenters. The lowest BCUT2D eigenvalue weighted by atomic mass is 9.80. The summed E-state index contributed by atoms with van der Waals surface area (Å²) in [7, 11) is 3.15. The highest BCUT2D eigenvalue weighted by molar-refractivity contribution is 6.09. The van der Waals surface area contributed by atoms with Gasteiger partial charge in [-0.1, -0.05) is 0 Å². The van der Waals surface area contributed by atoms with Crippen molar-refractivity contribution in [3.63, 3.8) is 0 Å². The molecule has 2 rings (SSSR count). The minimum atomic E-state index is -0.534. The molecule has 2 aliphatic rings. The number of Topliss-reactive ketones (excluding diaryl/α,β-unsaturated/α-hetero) is 1. The van der Waals surface area contributed by atoms with E-state index in [1.807, 2.05) is 0 Å². The molecule has 0 aromatic rings. The molecule has 98 valence electrons. The molecule has 0 aromatic heterocycles. The van der Waals surface area contributed by atoms with E-state index in [2.05, 4.69) is 0 Å². The zero-order valence-electron chi connectivity index (χ0n) is 10.5. The topological polar surface area (TPSA) is 74.8 Å². The quantitative estimate of drug-likeness (QED) is 0.617. The summed E-state index contributed by atoms with van der Waals surface area (Å²) in [5.41, 5.74) is 0. The second kappa shape index (κ2) is 4.51. The number of hydrogen-bond donors (Lipinski definition) is 0. The van der Waals surface area contributed by atoms with Crippen LogP contribution in [-0.4, -0.2) is 53.9 Å². The summed E-state index contributed by atoms with van der Waals surface area (Å²) in [6.45, 7) is -0.216. The number of hydrogen-bond acceptors (Lipinski definition) is 4. The van der Waals surface area contributed by atoms with Gasteiger partial charge in [-0.25, -0.2) is 0 Å². The van der Waals surface area contributed by atoms with Gasteiger partial charge >= 0.3 is 0 Å². The van der Waals surface area contributed by atoms with Crippen LogP contribution in [0.4, 0.5) is 0 Å². The maximum absolute atomic E-state index is 12.0. The highest BCUT2D eigenvalue weighted by Gasteiger charge is 2.50. The van der Waals surface area contributed by atoms with E-state index in [9.17, 15) is 19.2 Å². The van der Waals surface area contributed by atoms with E-state index in [4.69, 9.17) is 0 Å². The maximum atomic E-state index is 12.0. The third kappa shape index (κ3) is 2.02. The molecule has 1 aliphatic heterocycles. The fourth-order valence-electron chi connectivity index (χ4n) is 2.50. The number of carbonyl (C=O) groups excluding carboxylic acids is 4. The van der Waals surface area contributed by atoms with Gasteiger partial charge < -0.3 is 4.90 Å². The Hall–Kier alpha value is -1.72. The smallest absolute Gasteiger partial charge is 0.242 e. The number of likely N-dealkylation sites (N-methyl/N-ethyl adjacent to an activating group) is 1. The summed E-state index contributed by atoms with van der Waals surface area (Å²) in [6, 6.07) is 0. The molecule has 1 saturated heterocycles. The van der Waals surface area contributed by atoms with E-state index in [0.717, 1.165) is 4.90 Å². The average molecular weight is 252 g/mol. The number of rotatable bonds is 2. The molecule has 2 atom stereocenters. The van der Waals surface area contributed by atoms with E-state index in [1.165, 1.54) is 4.90 Å². The first-order valence-electron chi connectivity index (χ1n) is 5.99. The molecule has 3 amide bonds. The summed E-state index contributed by atoms with van der Waals surface area (Å²) in [5, 5.41) is 0. The predicted octanol–water partition coefficient (Wildman–Crippen LogP) is -0.571. The van der Waals surface area contributed by atoms with Crippen LogP contribution in [0.5, 0.6) is 0 Å². The van der Waals surface area contributed by atoms with Crippen LogP contribution in [-0.2, 0) is 19.2 Å². The number of amides is 3. The minimum Gasteiger partial charge on any atom is -0.347 e. The summed E-state index contributed by atoms with van der Waals surface area (Å²) in [4.78, 5) is 49.3. The molecule has 6 nitrogen and oxygen atoms in total. The Morgan fingerprint density at radius 1 is 1.22 bits per heavy atom. The van der Waals surface area contributed by atoms with Gasteiger partial charge in [-0.3, -0.25) is 24.1 Å². The van der Waals surface area contributed by atoms with Crippen LogP contribution in [0.15, 0.2) is 0 Å². The van der Waals surface area contributed by atoms with Crippen molar-refractivity contribution in [2.45, 2.75) is 19.3 Å². The third-order valence-electron chi connectivity index (χ3n) is 3.63. The highest BCUT2D eigenvalue weighted by Crippen LogP contribution is 2.36. The first kappa shape index (κ1) is 12.7. The molecular formula is C12H16N2O4. The van der Waals surface area contributed by atoms with Crippen molar-refractivity contribution < 1.29 is 19.2 Å². The number of imide groups is 1. The monoisotopic (exact) mass is 252 g/mol. The third-order valence-corrected chi connectivity index (χ3v) is 3.63. The number of carbonyl (C=O) groups is 4. The number of ketones is 1. The molecule has 0 N–H and O–H groups in total. The van der Waals surface area contributed by atoms with Crippen LogP contribution >= 0.6 is 0 Å². The van der Waals surface area contributed by atoms with Crippen LogP contribution in [0.2, 0.25) is 0 Å². The van der Waals surface area contributed by atoms with Crippen LogP contribution < -0.4 is 0 Å². The molecule has 1 saturated carbocycles. The summed E-state index contributed by atoms with van der Waals surface area (Å²) >= 11 is 0. The lowest BCUT2D eigenvalue weighted by Gasteiger charge is -2.18. The van der Waals surface area contributed by atoms with Gasteiger partial charge in [0.05, 0.1) is 11.8 Å². The Morgan fingerprint density at radius 3 is 2.44 bits per heavy atom. The first-order valence-corrected chi connectivity index (χ1v) is 5.99. The Bertz CT molecular complexity index is 430. The molecular weight excluding hydrogens is 236 g/mol. The van der Waals surface area contributed by atoms with Crippen molar-refractivity contribution in [1.29, 1.82) is 0 Å². The van der Waals surface area contributed by atoms with Gasteiger partial charge in [0.2, 0.25) is 17.7 Å². The lowest BCUT2D eigenvalue weighted by molar-refractivity contribution is -0.145. The van der Waals surface area contributed by atoms with Crippen molar-refractivity contribution in [3.05, 3.63) is 0 Å². The van der Waals surface area contributed by atoms with Crippen molar-refractivity contribution in [1.82, 2.24) is 9.80 Å². The first-order chi connectivity index (χ1) is 8.41. The normalized spacial score (nSPS) is 27.4. The molecule has 6 heteroatoms. The standard InChI is InChI=1S/C12H16N2O4/c1-13(2)10(16)6-14-11(17)8-4-3-7(15)5-9(8)12(14)18/h8-9H,3-6H2,1-2H3/t8-,9+/m0/s1. The van der Waals surface area contributed by atoms with E-state index < -0.39 is 11.8 Å². The largest absolute Gasteiger partial charge is 0.347 e. The van der Waals surface area contributed by atoms with E-state index >= 15 is 0 Å². The maximum Gasteiger partial charge on any atom is 0.242 e. The number of likely N-dealkylation sites (tertiary alicyclic amines) is 1. The SMILES string of the molecule is CN(C)C(=O)CN1C(=O)[C@H]2CCC(=O)C[C@H]2C1=O. The van der Waals surface area contributed by atoms with Gasteiger partial charge in [-0.15, -0.1) is 0 Å². The molecule has 2 fully saturated rings. The van der Waals surface area contributed by atoms with Crippen LogP contribution in [0.1, 0.15) is 19.3 Å². The molecule has 1 aliphatic carbocycles. The predicted molar refractivity (Wildman–Crippen MR) is 61.3 cm³/mol. The van der Waals surface area contributed by atoms with Crippen LogP contribution in [0.25, 0.3) is 0 Å². The molecule has 1 heterocycles. The zero-order chi connectivity index (χ0) is 13.4. The van der Waals surface area contributed by atoms with E-state index in [0.29, 0.717) is 12.8 Å². The Morgan fingerprint density at radius 2 is 1.83 bits per heavy atom. The molecule has 18 heavy (non-hydrogen) atoms. The highest BCUT2D eigenvalue weighted by atomic mass is 16.2. The van der Waals surface area contributed by atoms with Gasteiger partial charge in [0.15, 0.2) is 0 Å².